The lowest BCUT2D eigenvalue weighted by Crippen LogP contribution is -2.34. The number of rotatable bonds is 2. The van der Waals surface area contributed by atoms with E-state index in [-0.39, 0.29) is 48.0 Å². The number of halogens is 1. The van der Waals surface area contributed by atoms with Gasteiger partial charge in [-0.05, 0) is 53.6 Å². The Morgan fingerprint density at radius 3 is 2.82 bits per heavy atom. The number of esters is 1. The third-order valence-electron chi connectivity index (χ3n) is 5.30. The van der Waals surface area contributed by atoms with Crippen LogP contribution in [0.3, 0.4) is 0 Å². The summed E-state index contributed by atoms with van der Waals surface area (Å²) in [6.07, 6.45) is 6.56. The SMILES string of the molecule is C/C1=C/CC[C@@]2(C)O[C@@H]2[C@H]2OC(=O)[C@H](CN(C)C)[C@@H]2CC1.Cl. The van der Waals surface area contributed by atoms with Gasteiger partial charge in [0.25, 0.3) is 0 Å². The molecule has 0 bridgehead atoms. The van der Waals surface area contributed by atoms with Crippen LogP contribution in [0, 0.1) is 11.8 Å². The second-order valence-corrected chi connectivity index (χ2v) is 7.41. The summed E-state index contributed by atoms with van der Waals surface area (Å²) >= 11 is 0. The molecule has 2 saturated heterocycles. The van der Waals surface area contributed by atoms with Crippen LogP contribution in [0.5, 0.6) is 0 Å². The molecular weight excluding hydrogens is 302 g/mol. The second kappa shape index (κ2) is 6.50. The van der Waals surface area contributed by atoms with E-state index < -0.39 is 0 Å². The summed E-state index contributed by atoms with van der Waals surface area (Å²) in [5.41, 5.74) is 1.34. The van der Waals surface area contributed by atoms with E-state index >= 15 is 0 Å². The van der Waals surface area contributed by atoms with Gasteiger partial charge in [0.2, 0.25) is 0 Å². The lowest BCUT2D eigenvalue weighted by Gasteiger charge is -2.23. The first-order valence-corrected chi connectivity index (χ1v) is 8.09. The van der Waals surface area contributed by atoms with Gasteiger partial charge in [0.1, 0.15) is 12.2 Å². The molecule has 0 saturated carbocycles. The van der Waals surface area contributed by atoms with E-state index in [1.807, 2.05) is 14.1 Å². The molecule has 5 atom stereocenters. The Bertz CT molecular complexity index is 465. The van der Waals surface area contributed by atoms with E-state index in [0.717, 1.165) is 32.2 Å². The Hall–Kier alpha value is -0.580. The Morgan fingerprint density at radius 2 is 2.14 bits per heavy atom. The van der Waals surface area contributed by atoms with Crippen molar-refractivity contribution in [3.05, 3.63) is 11.6 Å². The van der Waals surface area contributed by atoms with E-state index in [9.17, 15) is 4.79 Å². The van der Waals surface area contributed by atoms with Gasteiger partial charge in [-0.3, -0.25) is 4.79 Å². The van der Waals surface area contributed by atoms with Gasteiger partial charge in [0.05, 0.1) is 11.5 Å². The number of nitrogens with zero attached hydrogens (tertiary/aromatic N) is 1. The number of carbonyl (C=O) groups is 1. The van der Waals surface area contributed by atoms with E-state index in [0.29, 0.717) is 0 Å². The first-order chi connectivity index (χ1) is 9.90. The highest BCUT2D eigenvalue weighted by Crippen LogP contribution is 2.50. The number of ether oxygens (including phenoxy) is 2. The predicted molar refractivity (Wildman–Crippen MR) is 88.2 cm³/mol. The summed E-state index contributed by atoms with van der Waals surface area (Å²) in [6, 6.07) is 0. The van der Waals surface area contributed by atoms with Gasteiger partial charge in [0.15, 0.2) is 0 Å². The van der Waals surface area contributed by atoms with Gasteiger partial charge in [-0.25, -0.2) is 0 Å². The maximum Gasteiger partial charge on any atom is 0.311 e. The lowest BCUT2D eigenvalue weighted by molar-refractivity contribution is -0.145. The van der Waals surface area contributed by atoms with E-state index in [2.05, 4.69) is 24.8 Å². The summed E-state index contributed by atoms with van der Waals surface area (Å²) in [5.74, 6) is 0.247. The number of allylic oxidation sites excluding steroid dienone is 2. The fourth-order valence-electron chi connectivity index (χ4n) is 3.94. The third-order valence-corrected chi connectivity index (χ3v) is 5.30. The summed E-state index contributed by atoms with van der Waals surface area (Å²) in [5, 5.41) is 0. The van der Waals surface area contributed by atoms with Crippen LogP contribution in [0.25, 0.3) is 0 Å². The van der Waals surface area contributed by atoms with Gasteiger partial charge in [0, 0.05) is 12.5 Å². The summed E-state index contributed by atoms with van der Waals surface area (Å²) < 4.78 is 11.7. The van der Waals surface area contributed by atoms with Gasteiger partial charge in [-0.1, -0.05) is 11.6 Å². The third kappa shape index (κ3) is 3.34. The van der Waals surface area contributed by atoms with Crippen molar-refractivity contribution in [1.82, 2.24) is 4.90 Å². The highest BCUT2D eigenvalue weighted by atomic mass is 35.5. The van der Waals surface area contributed by atoms with Crippen LogP contribution in [-0.2, 0) is 14.3 Å². The standard InChI is InChI=1S/C17H27NO3.ClH/c1-11-6-5-9-17(2)15(21-17)14-12(8-7-11)13(10-18(3)4)16(19)20-14;/h6,12-15H,5,7-10H2,1-4H3;1H/b11-6-;/t12-,13+,14-,15+,17+;/m0./s1. The Balaban J connectivity index is 0.00000176. The Morgan fingerprint density at radius 1 is 1.41 bits per heavy atom. The van der Waals surface area contributed by atoms with Gasteiger partial charge in [-0.2, -0.15) is 0 Å². The second-order valence-electron chi connectivity index (χ2n) is 7.41. The smallest absolute Gasteiger partial charge is 0.311 e. The number of hydrogen-bond donors (Lipinski definition) is 0. The molecule has 0 aromatic rings. The molecular formula is C17H28ClNO3. The molecule has 22 heavy (non-hydrogen) atoms. The number of hydrogen-bond acceptors (Lipinski definition) is 4. The monoisotopic (exact) mass is 329 g/mol. The molecule has 2 heterocycles. The molecule has 3 rings (SSSR count). The van der Waals surface area contributed by atoms with Crippen molar-refractivity contribution in [2.24, 2.45) is 11.8 Å². The molecule has 5 heteroatoms. The molecule has 1 aliphatic carbocycles. The summed E-state index contributed by atoms with van der Waals surface area (Å²) in [6.45, 7) is 5.13. The molecule has 0 unspecified atom stereocenters. The van der Waals surface area contributed by atoms with Crippen molar-refractivity contribution in [1.29, 1.82) is 0 Å². The minimum atomic E-state index is -0.0929. The maximum absolute atomic E-state index is 12.3. The van der Waals surface area contributed by atoms with Crippen LogP contribution < -0.4 is 0 Å². The zero-order chi connectivity index (χ0) is 15.2. The molecule has 0 aromatic carbocycles. The number of epoxide rings is 1. The molecule has 126 valence electrons. The van der Waals surface area contributed by atoms with Gasteiger partial charge in [-0.15, -0.1) is 12.4 Å². The van der Waals surface area contributed by atoms with Crippen LogP contribution >= 0.6 is 12.4 Å². The van der Waals surface area contributed by atoms with Crippen molar-refractivity contribution in [2.45, 2.75) is 57.3 Å². The van der Waals surface area contributed by atoms with Gasteiger partial charge >= 0.3 is 5.97 Å². The maximum atomic E-state index is 12.3. The molecule has 0 N–H and O–H groups in total. The first-order valence-electron chi connectivity index (χ1n) is 8.09. The fraction of sp³-hybridized carbons (Fsp3) is 0.824. The molecule has 0 amide bonds. The summed E-state index contributed by atoms with van der Waals surface area (Å²) in [7, 11) is 4.04. The van der Waals surface area contributed by atoms with Crippen molar-refractivity contribution in [3.8, 4) is 0 Å². The molecule has 2 fully saturated rings. The highest BCUT2D eigenvalue weighted by molar-refractivity contribution is 5.85. The Kier molecular flexibility index (Phi) is 5.25. The van der Waals surface area contributed by atoms with Crippen molar-refractivity contribution in [3.63, 3.8) is 0 Å². The molecule has 3 aliphatic rings. The zero-order valence-electron chi connectivity index (χ0n) is 14.0. The normalized spacial score (nSPS) is 43.3. The van der Waals surface area contributed by atoms with Crippen molar-refractivity contribution in [2.75, 3.05) is 20.6 Å². The molecule has 0 aromatic heterocycles. The van der Waals surface area contributed by atoms with Crippen LogP contribution in [0.1, 0.15) is 39.5 Å². The number of fused-ring (bicyclic) bond motifs is 3. The average molecular weight is 330 g/mol. The average Bonchev–Trinajstić information content (AvgIpc) is 2.97. The summed E-state index contributed by atoms with van der Waals surface area (Å²) in [4.78, 5) is 14.4. The van der Waals surface area contributed by atoms with E-state index in [4.69, 9.17) is 9.47 Å². The molecule has 2 aliphatic heterocycles. The van der Waals surface area contributed by atoms with Crippen molar-refractivity contribution >= 4 is 18.4 Å². The zero-order valence-corrected chi connectivity index (χ0v) is 14.8. The van der Waals surface area contributed by atoms with Gasteiger partial charge < -0.3 is 14.4 Å². The van der Waals surface area contributed by atoms with Crippen LogP contribution in [0.15, 0.2) is 11.6 Å². The number of carbonyl (C=O) groups excluding carboxylic acids is 1. The topological polar surface area (TPSA) is 42.1 Å². The lowest BCUT2D eigenvalue weighted by atomic mass is 9.80. The predicted octanol–water partition coefficient (Wildman–Crippen LogP) is 2.81. The molecule has 0 spiro atoms. The van der Waals surface area contributed by atoms with E-state index in [1.165, 1.54) is 5.57 Å². The van der Waals surface area contributed by atoms with Crippen LogP contribution in [0.4, 0.5) is 0 Å². The van der Waals surface area contributed by atoms with E-state index in [1.54, 1.807) is 0 Å². The minimum absolute atomic E-state index is 0. The largest absolute Gasteiger partial charge is 0.459 e. The quantitative estimate of drug-likeness (QED) is 0.444. The highest BCUT2D eigenvalue weighted by Gasteiger charge is 2.62. The van der Waals surface area contributed by atoms with Crippen LogP contribution in [-0.4, -0.2) is 49.3 Å². The fourth-order valence-corrected chi connectivity index (χ4v) is 3.94. The molecule has 0 radical (unpaired) electrons. The molecule has 4 nitrogen and oxygen atoms in total. The minimum Gasteiger partial charge on any atom is -0.459 e. The Labute approximate surface area is 139 Å². The van der Waals surface area contributed by atoms with Crippen LogP contribution in [0.2, 0.25) is 0 Å². The van der Waals surface area contributed by atoms with Crippen molar-refractivity contribution < 1.29 is 14.3 Å². The first kappa shape index (κ1) is 17.8.